The second-order valence-electron chi connectivity index (χ2n) is 4.78. The minimum atomic E-state index is 0.596. The third kappa shape index (κ3) is 3.67. The summed E-state index contributed by atoms with van der Waals surface area (Å²) in [6, 6.07) is 0.596. The van der Waals surface area contributed by atoms with E-state index in [0.29, 0.717) is 17.9 Å². The lowest BCUT2D eigenvalue weighted by molar-refractivity contribution is 0.508. The molecule has 1 unspecified atom stereocenters. The van der Waals surface area contributed by atoms with Gasteiger partial charge < -0.3 is 5.32 Å². The van der Waals surface area contributed by atoms with Crippen molar-refractivity contribution in [2.75, 3.05) is 6.54 Å². The summed E-state index contributed by atoms with van der Waals surface area (Å²) >= 11 is 0. The number of allylic oxidation sites excluding steroid dienone is 3. The summed E-state index contributed by atoms with van der Waals surface area (Å²) in [6.45, 7) is 10.0. The number of hydrogen-bond acceptors (Lipinski definition) is 1. The molecule has 0 saturated heterocycles. The molecule has 0 aliphatic heterocycles. The number of nitrogens with one attached hydrogen (secondary N) is 1. The summed E-state index contributed by atoms with van der Waals surface area (Å²) < 4.78 is 0. The van der Waals surface area contributed by atoms with Crippen molar-refractivity contribution in [1.29, 1.82) is 0 Å². The molecule has 1 atom stereocenters. The molecule has 1 aliphatic carbocycles. The van der Waals surface area contributed by atoms with Crippen molar-refractivity contribution in [3.63, 3.8) is 0 Å². The van der Waals surface area contributed by atoms with Gasteiger partial charge >= 0.3 is 0 Å². The first kappa shape index (κ1) is 11.5. The van der Waals surface area contributed by atoms with Crippen LogP contribution in [-0.2, 0) is 0 Å². The molecule has 1 heteroatoms. The topological polar surface area (TPSA) is 12.0 Å². The van der Waals surface area contributed by atoms with Gasteiger partial charge in [-0.15, -0.1) is 0 Å². The molecule has 0 amide bonds. The van der Waals surface area contributed by atoms with Gasteiger partial charge in [-0.05, 0) is 23.8 Å². The fourth-order valence-electron chi connectivity index (χ4n) is 1.65. The largest absolute Gasteiger partial charge is 0.314 e. The summed E-state index contributed by atoms with van der Waals surface area (Å²) in [6.07, 6.45) is 8.23. The summed E-state index contributed by atoms with van der Waals surface area (Å²) in [4.78, 5) is 0. The maximum Gasteiger partial charge on any atom is 0.00196 e. The Morgan fingerprint density at radius 3 is 2.50 bits per heavy atom. The van der Waals surface area contributed by atoms with E-state index in [1.54, 1.807) is 0 Å². The van der Waals surface area contributed by atoms with Crippen LogP contribution in [0, 0.1) is 11.8 Å². The first-order valence-electron chi connectivity index (χ1n) is 5.71. The zero-order valence-electron chi connectivity index (χ0n) is 9.88. The van der Waals surface area contributed by atoms with Gasteiger partial charge in [0.2, 0.25) is 0 Å². The van der Waals surface area contributed by atoms with Crippen molar-refractivity contribution in [1.82, 2.24) is 5.32 Å². The number of rotatable bonds is 4. The van der Waals surface area contributed by atoms with Gasteiger partial charge in [0.15, 0.2) is 0 Å². The maximum absolute atomic E-state index is 3.48. The van der Waals surface area contributed by atoms with Gasteiger partial charge in [-0.25, -0.2) is 0 Å². The Balaban J connectivity index is 2.33. The van der Waals surface area contributed by atoms with E-state index in [4.69, 9.17) is 0 Å². The predicted molar refractivity (Wildman–Crippen MR) is 63.3 cm³/mol. The molecule has 1 rings (SSSR count). The second-order valence-corrected chi connectivity index (χ2v) is 4.78. The molecule has 0 heterocycles. The van der Waals surface area contributed by atoms with Gasteiger partial charge in [0.25, 0.3) is 0 Å². The van der Waals surface area contributed by atoms with Crippen molar-refractivity contribution in [2.45, 2.75) is 40.2 Å². The fraction of sp³-hybridized carbons (Fsp3) is 0.692. The minimum absolute atomic E-state index is 0.596. The molecule has 0 fully saturated rings. The molecule has 0 aromatic heterocycles. The lowest BCUT2D eigenvalue weighted by Gasteiger charge is -2.19. The normalized spacial score (nSPS) is 21.9. The standard InChI is InChI=1S/C13H23N/c1-10(2)13-7-5-12(6-8-13)9-14-11(3)4/h5,7-8,10-12,14H,6,9H2,1-4H3. The van der Waals surface area contributed by atoms with E-state index in [2.05, 4.69) is 51.2 Å². The Morgan fingerprint density at radius 2 is 2.07 bits per heavy atom. The van der Waals surface area contributed by atoms with Crippen LogP contribution in [0.4, 0.5) is 0 Å². The van der Waals surface area contributed by atoms with Crippen LogP contribution in [0.2, 0.25) is 0 Å². The van der Waals surface area contributed by atoms with Crippen molar-refractivity contribution >= 4 is 0 Å². The molecule has 0 bridgehead atoms. The molecular formula is C13H23N. The van der Waals surface area contributed by atoms with E-state index in [1.165, 1.54) is 12.0 Å². The number of hydrogen-bond donors (Lipinski definition) is 1. The van der Waals surface area contributed by atoms with Crippen LogP contribution in [0.5, 0.6) is 0 Å². The van der Waals surface area contributed by atoms with Gasteiger partial charge in [0.05, 0.1) is 0 Å². The van der Waals surface area contributed by atoms with E-state index in [0.717, 1.165) is 6.54 Å². The van der Waals surface area contributed by atoms with Crippen molar-refractivity contribution < 1.29 is 0 Å². The fourth-order valence-corrected chi connectivity index (χ4v) is 1.65. The summed E-state index contributed by atoms with van der Waals surface area (Å²) in [5, 5.41) is 3.48. The predicted octanol–water partition coefficient (Wildman–Crippen LogP) is 3.14. The average molecular weight is 193 g/mol. The lowest BCUT2D eigenvalue weighted by Crippen LogP contribution is -2.28. The van der Waals surface area contributed by atoms with E-state index < -0.39 is 0 Å². The van der Waals surface area contributed by atoms with Gasteiger partial charge in [-0.1, -0.05) is 45.9 Å². The molecule has 1 nitrogen and oxygen atoms in total. The van der Waals surface area contributed by atoms with Gasteiger partial charge in [0.1, 0.15) is 0 Å². The van der Waals surface area contributed by atoms with E-state index in [-0.39, 0.29) is 0 Å². The highest BCUT2D eigenvalue weighted by Crippen LogP contribution is 2.21. The second kappa shape index (κ2) is 5.35. The third-order valence-electron chi connectivity index (χ3n) is 2.67. The smallest absolute Gasteiger partial charge is 0.00196 e. The zero-order valence-corrected chi connectivity index (χ0v) is 9.88. The lowest BCUT2D eigenvalue weighted by atomic mass is 9.91. The Bertz CT molecular complexity index is 223. The monoisotopic (exact) mass is 193 g/mol. The molecule has 80 valence electrons. The van der Waals surface area contributed by atoms with E-state index in [1.807, 2.05) is 0 Å². The van der Waals surface area contributed by atoms with Crippen LogP contribution in [0.1, 0.15) is 34.1 Å². The van der Waals surface area contributed by atoms with Crippen LogP contribution in [0.3, 0.4) is 0 Å². The molecule has 0 saturated carbocycles. The highest BCUT2D eigenvalue weighted by molar-refractivity contribution is 5.25. The van der Waals surface area contributed by atoms with Gasteiger partial charge in [-0.3, -0.25) is 0 Å². The van der Waals surface area contributed by atoms with Crippen LogP contribution >= 0.6 is 0 Å². The molecule has 0 spiro atoms. The summed E-state index contributed by atoms with van der Waals surface area (Å²) in [5.74, 6) is 1.37. The van der Waals surface area contributed by atoms with Crippen LogP contribution < -0.4 is 5.32 Å². The molecule has 1 N–H and O–H groups in total. The quantitative estimate of drug-likeness (QED) is 0.723. The molecule has 0 radical (unpaired) electrons. The highest BCUT2D eigenvalue weighted by atomic mass is 14.9. The van der Waals surface area contributed by atoms with Gasteiger partial charge in [-0.2, -0.15) is 0 Å². The first-order chi connectivity index (χ1) is 6.59. The van der Waals surface area contributed by atoms with Gasteiger partial charge in [0, 0.05) is 12.6 Å². The minimum Gasteiger partial charge on any atom is -0.314 e. The molecule has 0 aromatic rings. The Hall–Kier alpha value is -0.560. The highest BCUT2D eigenvalue weighted by Gasteiger charge is 2.10. The Kier molecular flexibility index (Phi) is 4.40. The molecular weight excluding hydrogens is 170 g/mol. The molecule has 14 heavy (non-hydrogen) atoms. The van der Waals surface area contributed by atoms with Crippen molar-refractivity contribution in [3.8, 4) is 0 Å². The first-order valence-corrected chi connectivity index (χ1v) is 5.71. The third-order valence-corrected chi connectivity index (χ3v) is 2.67. The Morgan fingerprint density at radius 1 is 1.36 bits per heavy atom. The van der Waals surface area contributed by atoms with Crippen LogP contribution in [0.15, 0.2) is 23.8 Å². The van der Waals surface area contributed by atoms with Crippen molar-refractivity contribution in [3.05, 3.63) is 23.8 Å². The summed E-state index contributed by atoms with van der Waals surface area (Å²) in [5.41, 5.74) is 1.49. The summed E-state index contributed by atoms with van der Waals surface area (Å²) in [7, 11) is 0. The molecule has 0 aromatic carbocycles. The van der Waals surface area contributed by atoms with E-state index in [9.17, 15) is 0 Å². The van der Waals surface area contributed by atoms with E-state index >= 15 is 0 Å². The molecule has 1 aliphatic rings. The average Bonchev–Trinajstić information content (AvgIpc) is 2.15. The van der Waals surface area contributed by atoms with Crippen LogP contribution in [0.25, 0.3) is 0 Å². The van der Waals surface area contributed by atoms with Crippen LogP contribution in [-0.4, -0.2) is 12.6 Å². The maximum atomic E-state index is 3.48. The van der Waals surface area contributed by atoms with Crippen molar-refractivity contribution in [2.24, 2.45) is 11.8 Å². The SMILES string of the molecule is CC(C)NCC1C=CC(C(C)C)=CC1. The zero-order chi connectivity index (χ0) is 10.6. The Labute approximate surface area is 88.3 Å².